The molecule has 0 spiro atoms. The summed E-state index contributed by atoms with van der Waals surface area (Å²) in [5, 5.41) is 25.1. The fourth-order valence-electron chi connectivity index (χ4n) is 1.71. The number of carbonyl (C=O) groups excluding carboxylic acids is 3. The van der Waals surface area contributed by atoms with Gasteiger partial charge in [0.15, 0.2) is 0 Å². The molecule has 0 saturated carbocycles. The maximum absolute atomic E-state index is 12.0. The lowest BCUT2D eigenvalue weighted by atomic mass is 10.1. The molecule has 0 aromatic rings. The van der Waals surface area contributed by atoms with Crippen LogP contribution in [-0.2, 0) is 19.2 Å². The van der Waals surface area contributed by atoms with Crippen molar-refractivity contribution in [2.45, 2.75) is 45.0 Å². The van der Waals surface area contributed by atoms with Crippen LogP contribution in [0.25, 0.3) is 0 Å². The Kier molecular flexibility index (Phi) is 10.1. The number of nitrogens with one attached hydrogen (secondary N) is 3. The van der Waals surface area contributed by atoms with E-state index in [1.165, 1.54) is 6.92 Å². The number of thiol groups is 1. The van der Waals surface area contributed by atoms with Gasteiger partial charge in [-0.3, -0.25) is 14.4 Å². The van der Waals surface area contributed by atoms with Crippen molar-refractivity contribution < 1.29 is 29.4 Å². The molecule has 4 atom stereocenters. The molecule has 4 unspecified atom stereocenters. The van der Waals surface area contributed by atoms with E-state index in [2.05, 4.69) is 28.6 Å². The van der Waals surface area contributed by atoms with Crippen molar-refractivity contribution in [2.75, 3.05) is 12.3 Å². The molecular weight excluding hydrogens is 352 g/mol. The van der Waals surface area contributed by atoms with Crippen LogP contribution in [0.5, 0.6) is 0 Å². The molecule has 0 bridgehead atoms. The third-order valence-corrected chi connectivity index (χ3v) is 3.68. The normalized spacial score (nSPS) is 15.6. The summed E-state index contributed by atoms with van der Waals surface area (Å²) in [5.74, 6) is -3.67. The summed E-state index contributed by atoms with van der Waals surface area (Å²) in [6.07, 6.45) is -1.10. The van der Waals surface area contributed by atoms with Crippen molar-refractivity contribution in [1.82, 2.24) is 16.0 Å². The van der Waals surface area contributed by atoms with Crippen LogP contribution in [0, 0.1) is 5.92 Å². The van der Waals surface area contributed by atoms with E-state index >= 15 is 0 Å². The molecule has 0 radical (unpaired) electrons. The Morgan fingerprint density at radius 1 is 1.08 bits per heavy atom. The lowest BCUT2D eigenvalue weighted by molar-refractivity contribution is -0.143. The zero-order valence-electron chi connectivity index (χ0n) is 14.4. The van der Waals surface area contributed by atoms with Crippen molar-refractivity contribution in [3.05, 3.63) is 0 Å². The van der Waals surface area contributed by atoms with Crippen LogP contribution in [0.15, 0.2) is 0 Å². The van der Waals surface area contributed by atoms with E-state index in [1.807, 2.05) is 0 Å². The van der Waals surface area contributed by atoms with E-state index in [0.29, 0.717) is 0 Å². The minimum absolute atomic E-state index is 0.0601. The highest BCUT2D eigenvalue weighted by Gasteiger charge is 2.26. The highest BCUT2D eigenvalue weighted by atomic mass is 32.1. The van der Waals surface area contributed by atoms with Gasteiger partial charge >= 0.3 is 5.97 Å². The first-order chi connectivity index (χ1) is 11.5. The first kappa shape index (κ1) is 23.1. The maximum atomic E-state index is 12.0. The standard InChI is InChI=1S/C14H26N4O6S/c1-6(2)11(14(23)24)18-9(20)4-16-12(21)8(5-25)17-13(22)10(15)7(3)19/h6-8,10-11,19,25H,4-5,15H2,1-3H3,(H,16,21)(H,17,22)(H,18,20)(H,23,24). The van der Waals surface area contributed by atoms with E-state index in [4.69, 9.17) is 10.8 Å². The van der Waals surface area contributed by atoms with Gasteiger partial charge in [-0.05, 0) is 12.8 Å². The van der Waals surface area contributed by atoms with E-state index in [9.17, 15) is 24.3 Å². The third kappa shape index (κ3) is 8.18. The quantitative estimate of drug-likeness (QED) is 0.205. The molecule has 0 fully saturated rings. The number of carboxylic acids is 1. The Morgan fingerprint density at radius 3 is 2.04 bits per heavy atom. The Hall–Kier alpha value is -1.85. The molecule has 0 aliphatic rings. The van der Waals surface area contributed by atoms with Crippen molar-refractivity contribution in [1.29, 1.82) is 0 Å². The molecule has 144 valence electrons. The summed E-state index contributed by atoms with van der Waals surface area (Å²) < 4.78 is 0. The molecule has 0 aliphatic heterocycles. The first-order valence-electron chi connectivity index (χ1n) is 7.66. The van der Waals surface area contributed by atoms with E-state index in [1.54, 1.807) is 13.8 Å². The average Bonchev–Trinajstić information content (AvgIpc) is 2.53. The fourth-order valence-corrected chi connectivity index (χ4v) is 1.97. The molecule has 0 saturated heterocycles. The molecular formula is C14H26N4O6S. The topological polar surface area (TPSA) is 171 Å². The summed E-state index contributed by atoms with van der Waals surface area (Å²) in [5.41, 5.74) is 5.46. The van der Waals surface area contributed by atoms with Gasteiger partial charge in [0.1, 0.15) is 18.1 Å². The van der Waals surface area contributed by atoms with Gasteiger partial charge in [-0.1, -0.05) is 13.8 Å². The van der Waals surface area contributed by atoms with Crippen LogP contribution < -0.4 is 21.7 Å². The fraction of sp³-hybridized carbons (Fsp3) is 0.714. The lowest BCUT2D eigenvalue weighted by Gasteiger charge is -2.21. The van der Waals surface area contributed by atoms with Gasteiger partial charge in [0.2, 0.25) is 17.7 Å². The van der Waals surface area contributed by atoms with Crippen molar-refractivity contribution in [3.8, 4) is 0 Å². The SMILES string of the molecule is CC(C)C(NC(=O)CNC(=O)C(CS)NC(=O)C(N)C(C)O)C(=O)O. The average molecular weight is 378 g/mol. The van der Waals surface area contributed by atoms with Gasteiger partial charge in [-0.2, -0.15) is 12.6 Å². The minimum Gasteiger partial charge on any atom is -0.480 e. The number of nitrogens with two attached hydrogens (primary N) is 1. The predicted octanol–water partition coefficient (Wildman–Crippen LogP) is -2.55. The Labute approximate surface area is 151 Å². The second kappa shape index (κ2) is 10.9. The number of aliphatic hydroxyl groups excluding tert-OH is 1. The van der Waals surface area contributed by atoms with Crippen LogP contribution >= 0.6 is 12.6 Å². The molecule has 25 heavy (non-hydrogen) atoms. The lowest BCUT2D eigenvalue weighted by Crippen LogP contribution is -2.56. The second-order valence-electron chi connectivity index (χ2n) is 5.86. The van der Waals surface area contributed by atoms with E-state index < -0.39 is 54.5 Å². The predicted molar refractivity (Wildman–Crippen MR) is 92.9 cm³/mol. The molecule has 0 aliphatic carbocycles. The van der Waals surface area contributed by atoms with Crippen LogP contribution in [0.3, 0.4) is 0 Å². The van der Waals surface area contributed by atoms with Gasteiger partial charge in [0, 0.05) is 5.75 Å². The van der Waals surface area contributed by atoms with E-state index in [-0.39, 0.29) is 11.7 Å². The Balaban J connectivity index is 4.57. The van der Waals surface area contributed by atoms with Gasteiger partial charge in [-0.25, -0.2) is 4.79 Å². The maximum Gasteiger partial charge on any atom is 0.326 e. The molecule has 10 nitrogen and oxygen atoms in total. The summed E-state index contributed by atoms with van der Waals surface area (Å²) in [4.78, 5) is 46.5. The van der Waals surface area contributed by atoms with Crippen LogP contribution in [0.4, 0.5) is 0 Å². The van der Waals surface area contributed by atoms with Crippen LogP contribution in [0.2, 0.25) is 0 Å². The molecule has 3 amide bonds. The Bertz CT molecular complexity index is 500. The van der Waals surface area contributed by atoms with Crippen LogP contribution in [-0.4, -0.2) is 70.4 Å². The van der Waals surface area contributed by atoms with Crippen molar-refractivity contribution in [2.24, 2.45) is 11.7 Å². The summed E-state index contributed by atoms with van der Waals surface area (Å²) in [6.45, 7) is 4.14. The summed E-state index contributed by atoms with van der Waals surface area (Å²) >= 11 is 3.95. The van der Waals surface area contributed by atoms with Gasteiger partial charge in [-0.15, -0.1) is 0 Å². The number of amides is 3. The number of aliphatic hydroxyl groups is 1. The van der Waals surface area contributed by atoms with Gasteiger partial charge < -0.3 is 31.9 Å². The molecule has 0 heterocycles. The van der Waals surface area contributed by atoms with Gasteiger partial charge in [0.25, 0.3) is 0 Å². The first-order valence-corrected chi connectivity index (χ1v) is 8.29. The highest BCUT2D eigenvalue weighted by molar-refractivity contribution is 7.80. The number of carboxylic acid groups (broad SMARTS) is 1. The van der Waals surface area contributed by atoms with Crippen molar-refractivity contribution >= 4 is 36.3 Å². The molecule has 0 rings (SSSR count). The smallest absolute Gasteiger partial charge is 0.326 e. The number of hydrogen-bond donors (Lipinski definition) is 7. The molecule has 11 heteroatoms. The van der Waals surface area contributed by atoms with Crippen molar-refractivity contribution in [3.63, 3.8) is 0 Å². The van der Waals surface area contributed by atoms with E-state index in [0.717, 1.165) is 0 Å². The number of hydrogen-bond acceptors (Lipinski definition) is 7. The molecule has 0 aromatic heterocycles. The number of aliphatic carboxylic acids is 1. The minimum atomic E-state index is -1.21. The molecule has 0 aromatic carbocycles. The monoisotopic (exact) mass is 378 g/mol. The second-order valence-corrected chi connectivity index (χ2v) is 6.22. The molecule has 7 N–H and O–H groups in total. The largest absolute Gasteiger partial charge is 0.480 e. The van der Waals surface area contributed by atoms with Crippen LogP contribution in [0.1, 0.15) is 20.8 Å². The number of carbonyl (C=O) groups is 4. The zero-order valence-corrected chi connectivity index (χ0v) is 15.2. The highest BCUT2D eigenvalue weighted by Crippen LogP contribution is 2.01. The summed E-state index contributed by atoms with van der Waals surface area (Å²) in [6, 6.07) is -3.34. The number of rotatable bonds is 10. The Morgan fingerprint density at radius 2 is 1.64 bits per heavy atom. The zero-order chi connectivity index (χ0) is 19.7. The van der Waals surface area contributed by atoms with Gasteiger partial charge in [0.05, 0.1) is 12.6 Å². The summed E-state index contributed by atoms with van der Waals surface area (Å²) in [7, 11) is 0. The third-order valence-electron chi connectivity index (χ3n) is 3.31.